The van der Waals surface area contributed by atoms with Crippen LogP contribution in [0.3, 0.4) is 0 Å². The van der Waals surface area contributed by atoms with Crippen molar-refractivity contribution in [2.45, 2.75) is 13.0 Å². The van der Waals surface area contributed by atoms with Crippen LogP contribution in [-0.2, 0) is 11.3 Å². The Morgan fingerprint density at radius 3 is 2.50 bits per heavy atom. The van der Waals surface area contributed by atoms with E-state index in [0.717, 1.165) is 16.9 Å². The van der Waals surface area contributed by atoms with Gasteiger partial charge in [-0.05, 0) is 41.5 Å². The molecule has 3 aromatic rings. The minimum absolute atomic E-state index is 0.0259. The number of hydrogen-bond acceptors (Lipinski definition) is 3. The van der Waals surface area contributed by atoms with Gasteiger partial charge in [-0.15, -0.1) is 0 Å². The maximum absolute atomic E-state index is 14.0. The molecule has 5 nitrogen and oxygen atoms in total. The molecular weight excluding hydrogens is 407 g/mol. The minimum Gasteiger partial charge on any atom is -0.497 e. The monoisotopic (exact) mass is 432 g/mol. The number of ether oxygens (including phenoxy) is 1. The lowest BCUT2D eigenvalue weighted by molar-refractivity contribution is -0.130. The van der Waals surface area contributed by atoms with Crippen molar-refractivity contribution in [3.05, 3.63) is 89.7 Å². The molecule has 0 radical (unpaired) electrons. The van der Waals surface area contributed by atoms with Crippen LogP contribution in [0.5, 0.6) is 5.75 Å². The van der Waals surface area contributed by atoms with Gasteiger partial charge in [0, 0.05) is 43.7 Å². The summed E-state index contributed by atoms with van der Waals surface area (Å²) in [6.45, 7) is 1.79. The lowest BCUT2D eigenvalue weighted by atomic mass is 10.0. The molecule has 1 aliphatic rings. The van der Waals surface area contributed by atoms with Gasteiger partial charge in [-0.25, -0.2) is 4.39 Å². The van der Waals surface area contributed by atoms with Crippen LogP contribution in [0.2, 0.25) is 0 Å². The first-order chi connectivity index (χ1) is 15.5. The fourth-order valence-corrected chi connectivity index (χ4v) is 3.90. The van der Waals surface area contributed by atoms with Crippen LogP contribution in [0.15, 0.2) is 72.8 Å². The van der Waals surface area contributed by atoms with Crippen molar-refractivity contribution in [3.63, 3.8) is 0 Å². The molecule has 1 fully saturated rings. The molecule has 4 rings (SSSR count). The van der Waals surface area contributed by atoms with Crippen LogP contribution < -0.4 is 4.74 Å². The van der Waals surface area contributed by atoms with E-state index in [1.165, 1.54) is 6.07 Å². The van der Waals surface area contributed by atoms with Crippen LogP contribution in [-0.4, -0.2) is 48.4 Å². The quantitative estimate of drug-likeness (QED) is 0.601. The molecule has 0 bridgehead atoms. The van der Waals surface area contributed by atoms with E-state index in [0.29, 0.717) is 37.3 Å². The highest BCUT2D eigenvalue weighted by molar-refractivity contribution is 5.95. The third-order valence-electron chi connectivity index (χ3n) is 5.70. The molecule has 0 unspecified atom stereocenters. The first kappa shape index (κ1) is 21.6. The van der Waals surface area contributed by atoms with Crippen molar-refractivity contribution in [1.29, 1.82) is 0 Å². The summed E-state index contributed by atoms with van der Waals surface area (Å²) in [5.74, 6) is 0.355. The maximum Gasteiger partial charge on any atom is 0.253 e. The Balaban J connectivity index is 1.42. The minimum atomic E-state index is -0.297. The number of methoxy groups -OCH3 is 1. The van der Waals surface area contributed by atoms with E-state index in [4.69, 9.17) is 4.74 Å². The van der Waals surface area contributed by atoms with Crippen LogP contribution in [0.4, 0.5) is 4.39 Å². The van der Waals surface area contributed by atoms with Gasteiger partial charge in [0.1, 0.15) is 11.6 Å². The van der Waals surface area contributed by atoms with Crippen LogP contribution in [0, 0.1) is 5.82 Å². The maximum atomic E-state index is 14.0. The average Bonchev–Trinajstić information content (AvgIpc) is 3.01. The summed E-state index contributed by atoms with van der Waals surface area (Å²) in [4.78, 5) is 29.2. The first-order valence-corrected chi connectivity index (χ1v) is 10.6. The molecular formula is C26H25FN2O3. The predicted molar refractivity (Wildman–Crippen MR) is 121 cm³/mol. The normalized spacial score (nSPS) is 14.2. The molecule has 1 heterocycles. The Morgan fingerprint density at radius 1 is 0.969 bits per heavy atom. The zero-order valence-electron chi connectivity index (χ0n) is 18.0. The molecule has 0 saturated carbocycles. The Hall–Kier alpha value is -3.67. The van der Waals surface area contributed by atoms with Crippen molar-refractivity contribution in [3.8, 4) is 16.9 Å². The zero-order chi connectivity index (χ0) is 22.5. The summed E-state index contributed by atoms with van der Waals surface area (Å²) in [6.07, 6.45) is 0.281. The van der Waals surface area contributed by atoms with Gasteiger partial charge < -0.3 is 14.5 Å². The highest BCUT2D eigenvalue weighted by Crippen LogP contribution is 2.23. The number of carbonyl (C=O) groups excluding carboxylic acids is 2. The second kappa shape index (κ2) is 9.64. The second-order valence-electron chi connectivity index (χ2n) is 7.77. The Bertz CT molecular complexity index is 1110. The van der Waals surface area contributed by atoms with E-state index in [9.17, 15) is 14.0 Å². The summed E-state index contributed by atoms with van der Waals surface area (Å²) in [5, 5.41) is 0. The molecule has 0 atom stereocenters. The smallest absolute Gasteiger partial charge is 0.253 e. The van der Waals surface area contributed by atoms with Crippen LogP contribution >= 0.6 is 0 Å². The van der Waals surface area contributed by atoms with E-state index >= 15 is 0 Å². The highest BCUT2D eigenvalue weighted by Gasteiger charge is 2.24. The standard InChI is InChI=1S/C26H25FN2O3/c1-32-22-6-4-5-19(17-22)18-29-16-15-28(14-13-25(29)30)26(31)21-11-9-20(10-12-21)23-7-2-3-8-24(23)27/h2-12,17H,13-16,18H2,1H3. The number of hydrogen-bond donors (Lipinski definition) is 0. The third-order valence-corrected chi connectivity index (χ3v) is 5.70. The number of nitrogens with zero attached hydrogens (tertiary/aromatic N) is 2. The van der Waals surface area contributed by atoms with Gasteiger partial charge in [0.05, 0.1) is 7.11 Å². The van der Waals surface area contributed by atoms with E-state index in [1.807, 2.05) is 24.3 Å². The molecule has 164 valence electrons. The Kier molecular flexibility index (Phi) is 6.50. The highest BCUT2D eigenvalue weighted by atomic mass is 19.1. The molecule has 0 aliphatic carbocycles. The summed E-state index contributed by atoms with van der Waals surface area (Å²) < 4.78 is 19.3. The number of amides is 2. The number of benzene rings is 3. The lowest BCUT2D eigenvalue weighted by Gasteiger charge is -2.22. The van der Waals surface area contributed by atoms with Gasteiger partial charge in [0.15, 0.2) is 0 Å². The molecule has 2 amide bonds. The van der Waals surface area contributed by atoms with Crippen molar-refractivity contribution >= 4 is 11.8 Å². The summed E-state index contributed by atoms with van der Waals surface area (Å²) in [6, 6.07) is 21.1. The molecule has 6 heteroatoms. The van der Waals surface area contributed by atoms with Gasteiger partial charge in [-0.1, -0.05) is 42.5 Å². The van der Waals surface area contributed by atoms with Gasteiger partial charge >= 0.3 is 0 Å². The molecule has 0 spiro atoms. The number of rotatable bonds is 5. The second-order valence-corrected chi connectivity index (χ2v) is 7.77. The summed E-state index contributed by atoms with van der Waals surface area (Å²) >= 11 is 0. The summed E-state index contributed by atoms with van der Waals surface area (Å²) in [7, 11) is 1.61. The molecule has 1 saturated heterocycles. The van der Waals surface area contributed by atoms with Crippen molar-refractivity contribution in [2.75, 3.05) is 26.7 Å². The SMILES string of the molecule is COc1cccc(CN2CCN(C(=O)c3ccc(-c4ccccc4F)cc3)CCC2=O)c1. The largest absolute Gasteiger partial charge is 0.497 e. The molecule has 3 aromatic carbocycles. The van der Waals surface area contributed by atoms with Gasteiger partial charge in [0.2, 0.25) is 5.91 Å². The number of carbonyl (C=O) groups is 2. The molecule has 0 N–H and O–H groups in total. The average molecular weight is 432 g/mol. The predicted octanol–water partition coefficient (Wildman–Crippen LogP) is 4.38. The Labute approximate surface area is 187 Å². The number of halogens is 1. The van der Waals surface area contributed by atoms with E-state index < -0.39 is 0 Å². The molecule has 1 aliphatic heterocycles. The van der Waals surface area contributed by atoms with Gasteiger partial charge in [-0.3, -0.25) is 9.59 Å². The van der Waals surface area contributed by atoms with Crippen LogP contribution in [0.25, 0.3) is 11.1 Å². The molecule has 0 aromatic heterocycles. The van der Waals surface area contributed by atoms with Crippen molar-refractivity contribution in [2.24, 2.45) is 0 Å². The third kappa shape index (κ3) is 4.80. The van der Waals surface area contributed by atoms with E-state index in [2.05, 4.69) is 0 Å². The topological polar surface area (TPSA) is 49.9 Å². The Morgan fingerprint density at radius 2 is 1.75 bits per heavy atom. The van der Waals surface area contributed by atoms with Crippen molar-refractivity contribution < 1.29 is 18.7 Å². The zero-order valence-corrected chi connectivity index (χ0v) is 18.0. The lowest BCUT2D eigenvalue weighted by Crippen LogP contribution is -2.35. The van der Waals surface area contributed by atoms with Crippen molar-refractivity contribution in [1.82, 2.24) is 9.80 Å². The fraction of sp³-hybridized carbons (Fsp3) is 0.231. The van der Waals surface area contributed by atoms with Crippen LogP contribution in [0.1, 0.15) is 22.3 Å². The van der Waals surface area contributed by atoms with Gasteiger partial charge in [0.25, 0.3) is 5.91 Å². The van der Waals surface area contributed by atoms with Gasteiger partial charge in [-0.2, -0.15) is 0 Å². The summed E-state index contributed by atoms with van der Waals surface area (Å²) in [5.41, 5.74) is 2.73. The first-order valence-electron chi connectivity index (χ1n) is 10.6. The molecule has 32 heavy (non-hydrogen) atoms. The van der Waals surface area contributed by atoms with E-state index in [1.54, 1.807) is 59.4 Å². The fourth-order valence-electron chi connectivity index (χ4n) is 3.90. The van der Waals surface area contributed by atoms with E-state index in [-0.39, 0.29) is 24.1 Å².